The van der Waals surface area contributed by atoms with Crippen LogP contribution in [0, 0.1) is 0 Å². The first kappa shape index (κ1) is 14.0. The first-order valence-corrected chi connectivity index (χ1v) is 6.28. The van der Waals surface area contributed by atoms with Gasteiger partial charge in [-0.05, 0) is 13.1 Å². The molecule has 0 atom stereocenters. The molecule has 0 aliphatic heterocycles. The van der Waals surface area contributed by atoms with Crippen molar-refractivity contribution < 1.29 is 4.74 Å². The highest BCUT2D eigenvalue weighted by Gasteiger charge is 2.02. The molecule has 0 unspecified atom stereocenters. The number of ether oxygens (including phenoxy) is 1. The zero-order valence-corrected chi connectivity index (χ0v) is 11.1. The van der Waals surface area contributed by atoms with Crippen LogP contribution in [0.1, 0.15) is 13.8 Å². The largest absolute Gasteiger partial charge is 0.383 e. The van der Waals surface area contributed by atoms with Crippen molar-refractivity contribution in [2.24, 2.45) is 0 Å². The lowest BCUT2D eigenvalue weighted by atomic mass is 10.4. The first-order valence-electron chi connectivity index (χ1n) is 6.28. The molecule has 0 aliphatic carbocycles. The second kappa shape index (κ2) is 8.08. The zero-order valence-electron chi connectivity index (χ0n) is 11.1. The fraction of sp³-hybridized carbons (Fsp3) is 0.750. The Morgan fingerprint density at radius 1 is 1.41 bits per heavy atom. The monoisotopic (exact) mass is 240 g/mol. The van der Waals surface area contributed by atoms with Gasteiger partial charge in [0.25, 0.3) is 0 Å². The molecule has 0 aliphatic rings. The van der Waals surface area contributed by atoms with Crippen LogP contribution < -0.4 is 5.32 Å². The lowest BCUT2D eigenvalue weighted by Crippen LogP contribution is -2.29. The van der Waals surface area contributed by atoms with Crippen LogP contribution in [0.2, 0.25) is 0 Å². The van der Waals surface area contributed by atoms with E-state index in [0.717, 1.165) is 38.7 Å². The third-order valence-corrected chi connectivity index (χ3v) is 2.86. The molecule has 0 fully saturated rings. The van der Waals surface area contributed by atoms with Crippen molar-refractivity contribution in [3.63, 3.8) is 0 Å². The summed E-state index contributed by atoms with van der Waals surface area (Å²) in [7, 11) is 1.71. The topological polar surface area (TPSA) is 42.3 Å². The zero-order chi connectivity index (χ0) is 12.5. The molecule has 0 aromatic carbocycles. The summed E-state index contributed by atoms with van der Waals surface area (Å²) >= 11 is 0. The van der Waals surface area contributed by atoms with Gasteiger partial charge in [0.1, 0.15) is 0 Å². The Hall–Kier alpha value is -1.07. The molecular formula is C12H24N4O. The average molecular weight is 240 g/mol. The van der Waals surface area contributed by atoms with Crippen molar-refractivity contribution in [3.05, 3.63) is 12.4 Å². The molecule has 98 valence electrons. The van der Waals surface area contributed by atoms with E-state index in [4.69, 9.17) is 4.74 Å². The molecule has 5 nitrogen and oxygen atoms in total. The summed E-state index contributed by atoms with van der Waals surface area (Å²) in [6.45, 7) is 10.1. The molecule has 0 bridgehead atoms. The molecule has 0 amide bonds. The van der Waals surface area contributed by atoms with Crippen LogP contribution in [0.3, 0.4) is 0 Å². The summed E-state index contributed by atoms with van der Waals surface area (Å²) in [5.74, 6) is 0.925. The summed E-state index contributed by atoms with van der Waals surface area (Å²) in [6.07, 6.45) is 3.79. The number of likely N-dealkylation sites (N-methyl/N-ethyl adjacent to an activating group) is 1. The van der Waals surface area contributed by atoms with Gasteiger partial charge in [-0.1, -0.05) is 13.8 Å². The van der Waals surface area contributed by atoms with E-state index >= 15 is 0 Å². The van der Waals surface area contributed by atoms with Crippen LogP contribution in [-0.4, -0.2) is 54.3 Å². The van der Waals surface area contributed by atoms with Gasteiger partial charge >= 0.3 is 0 Å². The van der Waals surface area contributed by atoms with Gasteiger partial charge in [0.15, 0.2) is 0 Å². The molecule has 1 N–H and O–H groups in total. The Morgan fingerprint density at radius 3 is 2.82 bits per heavy atom. The van der Waals surface area contributed by atoms with Gasteiger partial charge in [-0.3, -0.25) is 0 Å². The number of hydrogen-bond acceptors (Lipinski definition) is 4. The standard InChI is InChI=1S/C12H24N4O/c1-4-15(5-2)8-6-13-12-14-7-9-16(12)10-11-17-3/h7,9H,4-6,8,10-11H2,1-3H3,(H,13,14). The van der Waals surface area contributed by atoms with Gasteiger partial charge in [-0.15, -0.1) is 0 Å². The summed E-state index contributed by atoms with van der Waals surface area (Å²) in [4.78, 5) is 6.68. The van der Waals surface area contributed by atoms with Crippen molar-refractivity contribution in [3.8, 4) is 0 Å². The third kappa shape index (κ3) is 4.75. The number of methoxy groups -OCH3 is 1. The van der Waals surface area contributed by atoms with Gasteiger partial charge in [0, 0.05) is 39.1 Å². The molecule has 1 aromatic heterocycles. The molecular weight excluding hydrogens is 216 g/mol. The van der Waals surface area contributed by atoms with E-state index in [2.05, 4.69) is 33.6 Å². The maximum Gasteiger partial charge on any atom is 0.202 e. The molecule has 1 rings (SSSR count). The lowest BCUT2D eigenvalue weighted by molar-refractivity contribution is 0.187. The quantitative estimate of drug-likeness (QED) is 0.706. The Bertz CT molecular complexity index is 296. The minimum atomic E-state index is 0.709. The summed E-state index contributed by atoms with van der Waals surface area (Å²) in [5.41, 5.74) is 0. The Balaban J connectivity index is 2.33. The predicted octanol–water partition coefficient (Wildman–Crippen LogP) is 1.28. The molecule has 5 heteroatoms. The van der Waals surface area contributed by atoms with Crippen LogP contribution in [0.25, 0.3) is 0 Å². The molecule has 0 radical (unpaired) electrons. The number of rotatable bonds is 9. The van der Waals surface area contributed by atoms with Crippen LogP contribution in [0.4, 0.5) is 5.95 Å². The molecule has 0 saturated carbocycles. The lowest BCUT2D eigenvalue weighted by Gasteiger charge is -2.18. The highest BCUT2D eigenvalue weighted by molar-refractivity contribution is 5.25. The number of aromatic nitrogens is 2. The molecule has 1 heterocycles. The highest BCUT2D eigenvalue weighted by Crippen LogP contribution is 2.03. The second-order valence-electron chi connectivity index (χ2n) is 3.89. The van der Waals surface area contributed by atoms with E-state index in [1.165, 1.54) is 0 Å². The van der Waals surface area contributed by atoms with Crippen molar-refractivity contribution in [2.45, 2.75) is 20.4 Å². The number of nitrogens with one attached hydrogen (secondary N) is 1. The van der Waals surface area contributed by atoms with Crippen molar-refractivity contribution in [2.75, 3.05) is 45.2 Å². The summed E-state index contributed by atoms with van der Waals surface area (Å²) < 4.78 is 7.14. The van der Waals surface area contributed by atoms with Crippen LogP contribution in [-0.2, 0) is 11.3 Å². The molecule has 1 aromatic rings. The predicted molar refractivity (Wildman–Crippen MR) is 70.4 cm³/mol. The fourth-order valence-corrected chi connectivity index (χ4v) is 1.71. The van der Waals surface area contributed by atoms with E-state index in [9.17, 15) is 0 Å². The molecule has 0 spiro atoms. The normalized spacial score (nSPS) is 11.1. The van der Waals surface area contributed by atoms with E-state index < -0.39 is 0 Å². The van der Waals surface area contributed by atoms with Crippen molar-refractivity contribution in [1.29, 1.82) is 0 Å². The Kier molecular flexibility index (Phi) is 6.65. The SMILES string of the molecule is CCN(CC)CCNc1nccn1CCOC. The third-order valence-electron chi connectivity index (χ3n) is 2.86. The minimum Gasteiger partial charge on any atom is -0.383 e. The van der Waals surface area contributed by atoms with Crippen molar-refractivity contribution >= 4 is 5.95 Å². The van der Waals surface area contributed by atoms with Gasteiger partial charge in [0.2, 0.25) is 5.95 Å². The number of imidazole rings is 1. The van der Waals surface area contributed by atoms with Crippen LogP contribution >= 0.6 is 0 Å². The number of anilines is 1. The number of nitrogens with zero attached hydrogens (tertiary/aromatic N) is 3. The highest BCUT2D eigenvalue weighted by atomic mass is 16.5. The molecule has 17 heavy (non-hydrogen) atoms. The summed E-state index contributed by atoms with van der Waals surface area (Å²) in [5, 5.41) is 3.36. The number of hydrogen-bond donors (Lipinski definition) is 1. The fourth-order valence-electron chi connectivity index (χ4n) is 1.71. The van der Waals surface area contributed by atoms with Gasteiger partial charge < -0.3 is 19.5 Å². The minimum absolute atomic E-state index is 0.709. The van der Waals surface area contributed by atoms with Gasteiger partial charge in [0.05, 0.1) is 6.61 Å². The Morgan fingerprint density at radius 2 is 2.18 bits per heavy atom. The smallest absolute Gasteiger partial charge is 0.202 e. The Labute approximate surface area is 104 Å². The second-order valence-corrected chi connectivity index (χ2v) is 3.89. The van der Waals surface area contributed by atoms with E-state index in [1.54, 1.807) is 7.11 Å². The summed E-state index contributed by atoms with van der Waals surface area (Å²) in [6, 6.07) is 0. The maximum atomic E-state index is 5.06. The van der Waals surface area contributed by atoms with Gasteiger partial charge in [-0.25, -0.2) is 4.98 Å². The molecule has 0 saturated heterocycles. The van der Waals surface area contributed by atoms with E-state index in [0.29, 0.717) is 6.61 Å². The first-order chi connectivity index (χ1) is 8.31. The van der Waals surface area contributed by atoms with Crippen LogP contribution in [0.5, 0.6) is 0 Å². The maximum absolute atomic E-state index is 5.06. The van der Waals surface area contributed by atoms with Crippen LogP contribution in [0.15, 0.2) is 12.4 Å². The van der Waals surface area contributed by atoms with E-state index in [1.807, 2.05) is 12.4 Å². The van der Waals surface area contributed by atoms with E-state index in [-0.39, 0.29) is 0 Å². The van der Waals surface area contributed by atoms with Gasteiger partial charge in [-0.2, -0.15) is 0 Å². The van der Waals surface area contributed by atoms with Crippen molar-refractivity contribution in [1.82, 2.24) is 14.5 Å². The average Bonchev–Trinajstić information content (AvgIpc) is 2.79.